The Morgan fingerprint density at radius 2 is 1.85 bits per heavy atom. The molecule has 6 nitrogen and oxygen atoms in total. The van der Waals surface area contributed by atoms with Gasteiger partial charge in [-0.05, 0) is 55.9 Å². The van der Waals surface area contributed by atoms with Crippen molar-refractivity contribution < 1.29 is 23.2 Å². The number of hydrogen-bond acceptors (Lipinski definition) is 5. The Labute approximate surface area is 162 Å². The van der Waals surface area contributed by atoms with Gasteiger partial charge in [0, 0.05) is 0 Å². The van der Waals surface area contributed by atoms with Crippen LogP contribution in [0.25, 0.3) is 0 Å². The fraction of sp³-hybridized carbons (Fsp3) is 0.700. The van der Waals surface area contributed by atoms with Crippen molar-refractivity contribution in [2.45, 2.75) is 89.3 Å². The van der Waals surface area contributed by atoms with Gasteiger partial charge in [-0.25, -0.2) is 9.69 Å². The normalized spacial score (nSPS) is 24.0. The second kappa shape index (κ2) is 8.60. The molecule has 0 radical (unpaired) electrons. The molecule has 1 aromatic heterocycles. The lowest BCUT2D eigenvalue weighted by Crippen LogP contribution is -2.64. The van der Waals surface area contributed by atoms with Crippen LogP contribution in [0.2, 0.25) is 18.1 Å². The van der Waals surface area contributed by atoms with Crippen LogP contribution in [0.1, 0.15) is 64.7 Å². The second-order valence-electron chi connectivity index (χ2n) is 7.59. The van der Waals surface area contributed by atoms with Gasteiger partial charge in [-0.2, -0.15) is 0 Å². The first kappa shape index (κ1) is 20.1. The quantitative estimate of drug-likeness (QED) is 0.480. The van der Waals surface area contributed by atoms with E-state index in [1.165, 1.54) is 11.3 Å². The zero-order valence-corrected chi connectivity index (χ0v) is 17.6. The van der Waals surface area contributed by atoms with E-state index in [0.717, 1.165) is 43.8 Å². The highest BCUT2D eigenvalue weighted by Crippen LogP contribution is 2.41. The van der Waals surface area contributed by atoms with Crippen molar-refractivity contribution in [2.24, 2.45) is 0 Å². The Hall–Kier alpha value is -1.60. The number of furan rings is 1. The summed E-state index contributed by atoms with van der Waals surface area (Å²) >= 11 is 0. The zero-order valence-electron chi connectivity index (χ0n) is 16.6. The number of ether oxygens (including phenoxy) is 1. The highest BCUT2D eigenvalue weighted by Gasteiger charge is 2.57. The fourth-order valence-corrected chi connectivity index (χ4v) is 6.94. The molecule has 0 unspecified atom stereocenters. The van der Waals surface area contributed by atoms with Crippen molar-refractivity contribution >= 4 is 20.3 Å². The van der Waals surface area contributed by atoms with Gasteiger partial charge in [0.1, 0.15) is 17.9 Å². The molecule has 0 N–H and O–H groups in total. The van der Waals surface area contributed by atoms with E-state index in [9.17, 15) is 9.59 Å². The number of imide groups is 1. The molecule has 1 saturated carbocycles. The summed E-state index contributed by atoms with van der Waals surface area (Å²) in [7, 11) is -1.99. The average molecular weight is 394 g/mol. The van der Waals surface area contributed by atoms with Gasteiger partial charge in [0.15, 0.2) is 14.4 Å². The topological polar surface area (TPSA) is 69.0 Å². The maximum absolute atomic E-state index is 12.9. The summed E-state index contributed by atoms with van der Waals surface area (Å²) in [5, 5.41) is 0. The summed E-state index contributed by atoms with van der Waals surface area (Å²) in [6.07, 6.45) is 5.31. The highest BCUT2D eigenvalue weighted by atomic mass is 28.4. The van der Waals surface area contributed by atoms with E-state index in [1.807, 2.05) is 0 Å². The second-order valence-corrected chi connectivity index (χ2v) is 12.3. The lowest BCUT2D eigenvalue weighted by Gasteiger charge is -2.47. The highest BCUT2D eigenvalue weighted by molar-refractivity contribution is 6.73. The van der Waals surface area contributed by atoms with E-state index in [-0.39, 0.29) is 12.0 Å². The third-order valence-corrected chi connectivity index (χ3v) is 10.8. The largest absolute Gasteiger partial charge is 0.467 e. The van der Waals surface area contributed by atoms with Crippen molar-refractivity contribution in [3.8, 4) is 0 Å². The molecule has 0 spiro atoms. The molecule has 2 aliphatic rings. The number of rotatable bonds is 7. The molecule has 1 saturated heterocycles. The van der Waals surface area contributed by atoms with Gasteiger partial charge in [0.05, 0.1) is 6.26 Å². The molecule has 1 aliphatic carbocycles. The molecule has 27 heavy (non-hydrogen) atoms. The zero-order chi connectivity index (χ0) is 19.4. The predicted octanol–water partition coefficient (Wildman–Crippen LogP) is 5.02. The number of hydrogen-bond donors (Lipinski definition) is 0. The Bertz CT molecular complexity index is 629. The standard InChI is InChI=1S/C20H31NO5Si/c1-4-27(5-2,6-3)26-18-17(16-13-10-14-24-16)21(19(18)22)20(23)25-15-11-8-7-9-12-15/h10,13-15,17-18H,4-9,11-12H2,1-3H3/t17-,18+/m0/s1. The molecular weight excluding hydrogens is 362 g/mol. The maximum atomic E-state index is 12.9. The summed E-state index contributed by atoms with van der Waals surface area (Å²) in [4.78, 5) is 26.8. The predicted molar refractivity (Wildman–Crippen MR) is 104 cm³/mol. The number of carbonyl (C=O) groups excluding carboxylic acids is 2. The lowest BCUT2D eigenvalue weighted by molar-refractivity contribution is -0.163. The Morgan fingerprint density at radius 1 is 1.19 bits per heavy atom. The van der Waals surface area contributed by atoms with Crippen LogP contribution in [0.4, 0.5) is 4.79 Å². The molecular formula is C20H31NO5Si. The Balaban J connectivity index is 1.76. The first-order chi connectivity index (χ1) is 13.0. The van der Waals surface area contributed by atoms with Gasteiger partial charge >= 0.3 is 6.09 Å². The molecule has 7 heteroatoms. The average Bonchev–Trinajstić information content (AvgIpc) is 3.22. The molecule has 0 aromatic carbocycles. The van der Waals surface area contributed by atoms with Crippen molar-refractivity contribution in [3.63, 3.8) is 0 Å². The van der Waals surface area contributed by atoms with E-state index in [0.29, 0.717) is 5.76 Å². The van der Waals surface area contributed by atoms with E-state index in [1.54, 1.807) is 18.4 Å². The molecule has 2 amide bonds. The number of carbonyl (C=O) groups is 2. The number of likely N-dealkylation sites (tertiary alicyclic amines) is 1. The minimum atomic E-state index is -1.99. The summed E-state index contributed by atoms with van der Waals surface area (Å²) in [6, 6.07) is 5.87. The van der Waals surface area contributed by atoms with Crippen LogP contribution in [-0.2, 0) is 14.0 Å². The summed E-state index contributed by atoms with van der Waals surface area (Å²) < 4.78 is 17.6. The van der Waals surface area contributed by atoms with E-state index < -0.39 is 26.6 Å². The third kappa shape index (κ3) is 3.99. The van der Waals surface area contributed by atoms with Crippen molar-refractivity contribution in [2.75, 3.05) is 0 Å². The van der Waals surface area contributed by atoms with Gasteiger partial charge in [-0.1, -0.05) is 27.2 Å². The lowest BCUT2D eigenvalue weighted by atomic mass is 9.96. The van der Waals surface area contributed by atoms with Gasteiger partial charge in [-0.15, -0.1) is 0 Å². The molecule has 2 fully saturated rings. The van der Waals surface area contributed by atoms with E-state index >= 15 is 0 Å². The number of amides is 2. The van der Waals surface area contributed by atoms with Gasteiger partial charge in [0.25, 0.3) is 5.91 Å². The van der Waals surface area contributed by atoms with E-state index in [2.05, 4.69) is 20.8 Å². The molecule has 150 valence electrons. The monoisotopic (exact) mass is 393 g/mol. The minimum absolute atomic E-state index is 0.0911. The molecule has 3 rings (SSSR count). The van der Waals surface area contributed by atoms with Gasteiger partial charge in [-0.3, -0.25) is 4.79 Å². The minimum Gasteiger partial charge on any atom is -0.467 e. The SMILES string of the molecule is CC[Si](CC)(CC)O[C@H]1C(=O)N(C(=O)OC2CCCCC2)[C@H]1c1ccco1. The summed E-state index contributed by atoms with van der Waals surface area (Å²) in [6.45, 7) is 6.37. The summed E-state index contributed by atoms with van der Waals surface area (Å²) in [5.74, 6) is 0.274. The van der Waals surface area contributed by atoms with Crippen LogP contribution < -0.4 is 0 Å². The Kier molecular flexibility index (Phi) is 6.42. The molecule has 0 bridgehead atoms. The van der Waals surface area contributed by atoms with E-state index in [4.69, 9.17) is 13.6 Å². The van der Waals surface area contributed by atoms with Crippen LogP contribution >= 0.6 is 0 Å². The fourth-order valence-electron chi connectivity index (χ4n) is 4.17. The van der Waals surface area contributed by atoms with Gasteiger partial charge in [0.2, 0.25) is 0 Å². The van der Waals surface area contributed by atoms with Gasteiger partial charge < -0.3 is 13.6 Å². The first-order valence-electron chi connectivity index (χ1n) is 10.3. The Morgan fingerprint density at radius 3 is 2.41 bits per heavy atom. The number of nitrogens with zero attached hydrogens (tertiary/aromatic N) is 1. The van der Waals surface area contributed by atoms with Crippen molar-refractivity contribution in [1.82, 2.24) is 4.90 Å². The summed E-state index contributed by atoms with van der Waals surface area (Å²) in [5.41, 5.74) is 0. The smallest absolute Gasteiger partial charge is 0.417 e. The first-order valence-corrected chi connectivity index (χ1v) is 12.8. The molecule has 1 aliphatic heterocycles. The van der Waals surface area contributed by atoms with Crippen molar-refractivity contribution in [3.05, 3.63) is 24.2 Å². The molecule has 2 heterocycles. The van der Waals surface area contributed by atoms with Crippen LogP contribution in [-0.4, -0.2) is 37.4 Å². The van der Waals surface area contributed by atoms with Crippen LogP contribution in [0.5, 0.6) is 0 Å². The van der Waals surface area contributed by atoms with Crippen molar-refractivity contribution in [1.29, 1.82) is 0 Å². The van der Waals surface area contributed by atoms with Crippen LogP contribution in [0.3, 0.4) is 0 Å². The maximum Gasteiger partial charge on any atom is 0.417 e. The molecule has 1 aromatic rings. The third-order valence-electron chi connectivity index (χ3n) is 6.21. The van der Waals surface area contributed by atoms with Crippen LogP contribution in [0, 0.1) is 0 Å². The number of β-lactam (4-membered cyclic amide) rings is 1. The molecule has 2 atom stereocenters. The van der Waals surface area contributed by atoms with Crippen LogP contribution in [0.15, 0.2) is 22.8 Å².